The summed E-state index contributed by atoms with van der Waals surface area (Å²) in [6.45, 7) is 8.99. The highest BCUT2D eigenvalue weighted by Crippen LogP contribution is 2.41. The Morgan fingerprint density at radius 1 is 1.35 bits per heavy atom. The minimum absolute atomic E-state index is 0.352. The lowest BCUT2D eigenvalue weighted by Gasteiger charge is -2.24. The quantitative estimate of drug-likeness (QED) is 0.763. The summed E-state index contributed by atoms with van der Waals surface area (Å²) in [5.74, 6) is 1.63. The van der Waals surface area contributed by atoms with Crippen molar-refractivity contribution >= 4 is 0 Å². The molecule has 1 atom stereocenters. The average molecular weight is 274 g/mol. The summed E-state index contributed by atoms with van der Waals surface area (Å²) in [7, 11) is 1.73. The zero-order valence-electron chi connectivity index (χ0n) is 12.8. The van der Waals surface area contributed by atoms with Gasteiger partial charge in [-0.3, -0.25) is 0 Å². The van der Waals surface area contributed by atoms with Crippen LogP contribution in [0.1, 0.15) is 43.9 Å². The van der Waals surface area contributed by atoms with E-state index in [4.69, 9.17) is 4.74 Å². The van der Waals surface area contributed by atoms with Gasteiger partial charge in [-0.2, -0.15) is 0 Å². The van der Waals surface area contributed by atoms with E-state index >= 15 is 0 Å². The van der Waals surface area contributed by atoms with Crippen molar-refractivity contribution in [3.05, 3.63) is 47.8 Å². The summed E-state index contributed by atoms with van der Waals surface area (Å²) >= 11 is 0. The first-order chi connectivity index (χ1) is 9.60. The molecule has 0 aromatic heterocycles. The normalized spacial score (nSPS) is 16.0. The molecule has 0 radical (unpaired) electrons. The van der Waals surface area contributed by atoms with Crippen LogP contribution in [0, 0.1) is 5.92 Å². The van der Waals surface area contributed by atoms with Crippen LogP contribution in [0.25, 0.3) is 0 Å². The molecule has 2 rings (SSSR count). The van der Waals surface area contributed by atoms with Crippen LogP contribution in [0.5, 0.6) is 0 Å². The average Bonchev–Trinajstić information content (AvgIpc) is 3.20. The van der Waals surface area contributed by atoms with Crippen molar-refractivity contribution in [2.24, 2.45) is 5.92 Å². The molecule has 0 bridgehead atoms. The minimum atomic E-state index is 0.352. The van der Waals surface area contributed by atoms with E-state index < -0.39 is 0 Å². The van der Waals surface area contributed by atoms with Crippen LogP contribution < -0.4 is 10.6 Å². The molecule has 0 heterocycles. The van der Waals surface area contributed by atoms with Crippen molar-refractivity contribution in [1.29, 1.82) is 0 Å². The van der Waals surface area contributed by atoms with Crippen LogP contribution in [-0.2, 0) is 11.3 Å². The number of rotatable bonds is 8. The number of benzene rings is 1. The molecule has 1 saturated carbocycles. The van der Waals surface area contributed by atoms with Crippen LogP contribution in [0.4, 0.5) is 0 Å². The second-order valence-electron chi connectivity index (χ2n) is 5.92. The lowest BCUT2D eigenvalue weighted by Crippen LogP contribution is -2.33. The standard InChI is InChI=1S/C17H26N2O/c1-12(2)18-13(3)19-17(15-8-9-15)16-7-5-6-14(10-16)11-20-4/h5-7,10,12,15,17-19H,3,8-9,11H2,1-2,4H3. The van der Waals surface area contributed by atoms with E-state index in [2.05, 4.69) is 55.3 Å². The Morgan fingerprint density at radius 2 is 2.10 bits per heavy atom. The summed E-state index contributed by atoms with van der Waals surface area (Å²) < 4.78 is 5.22. The van der Waals surface area contributed by atoms with Gasteiger partial charge in [0.15, 0.2) is 0 Å². The Bertz CT molecular complexity index is 452. The van der Waals surface area contributed by atoms with Crippen molar-refractivity contribution in [2.45, 2.75) is 45.4 Å². The van der Waals surface area contributed by atoms with Gasteiger partial charge in [-0.1, -0.05) is 30.8 Å². The molecule has 1 aromatic carbocycles. The maximum atomic E-state index is 5.22. The zero-order chi connectivity index (χ0) is 14.5. The van der Waals surface area contributed by atoms with Gasteiger partial charge in [0.05, 0.1) is 18.5 Å². The molecule has 3 heteroatoms. The molecule has 1 fully saturated rings. The summed E-state index contributed by atoms with van der Waals surface area (Å²) in [6.07, 6.45) is 2.59. The van der Waals surface area contributed by atoms with E-state index in [0.29, 0.717) is 18.7 Å². The molecule has 0 aliphatic heterocycles. The van der Waals surface area contributed by atoms with Crippen LogP contribution in [-0.4, -0.2) is 13.2 Å². The molecular weight excluding hydrogens is 248 g/mol. The van der Waals surface area contributed by atoms with Gasteiger partial charge in [0, 0.05) is 13.2 Å². The number of methoxy groups -OCH3 is 1. The molecule has 3 nitrogen and oxygen atoms in total. The van der Waals surface area contributed by atoms with Crippen LogP contribution in [0.3, 0.4) is 0 Å². The molecule has 0 saturated heterocycles. The first-order valence-electron chi connectivity index (χ1n) is 7.40. The highest BCUT2D eigenvalue weighted by Gasteiger charge is 2.32. The number of ether oxygens (including phenoxy) is 1. The van der Waals surface area contributed by atoms with E-state index in [9.17, 15) is 0 Å². The molecule has 1 aliphatic carbocycles. The first kappa shape index (κ1) is 14.9. The van der Waals surface area contributed by atoms with Crippen molar-refractivity contribution in [1.82, 2.24) is 10.6 Å². The van der Waals surface area contributed by atoms with Gasteiger partial charge in [-0.25, -0.2) is 0 Å². The van der Waals surface area contributed by atoms with Gasteiger partial charge < -0.3 is 15.4 Å². The van der Waals surface area contributed by atoms with Crippen LogP contribution in [0.2, 0.25) is 0 Å². The summed E-state index contributed by atoms with van der Waals surface area (Å²) in [5.41, 5.74) is 2.55. The summed E-state index contributed by atoms with van der Waals surface area (Å²) in [4.78, 5) is 0. The highest BCUT2D eigenvalue weighted by atomic mass is 16.5. The molecule has 0 spiro atoms. The van der Waals surface area contributed by atoms with Crippen molar-refractivity contribution in [3.63, 3.8) is 0 Å². The Labute approximate surface area is 122 Å². The third-order valence-electron chi connectivity index (χ3n) is 3.51. The van der Waals surface area contributed by atoms with Gasteiger partial charge in [-0.15, -0.1) is 0 Å². The van der Waals surface area contributed by atoms with Gasteiger partial charge in [0.2, 0.25) is 0 Å². The molecule has 110 valence electrons. The predicted molar refractivity (Wildman–Crippen MR) is 83.2 cm³/mol. The van der Waals surface area contributed by atoms with Crippen LogP contribution >= 0.6 is 0 Å². The van der Waals surface area contributed by atoms with Gasteiger partial charge >= 0.3 is 0 Å². The summed E-state index contributed by atoms with van der Waals surface area (Å²) in [5, 5.41) is 6.88. The van der Waals surface area contributed by atoms with E-state index in [0.717, 1.165) is 11.7 Å². The SMILES string of the molecule is C=C(NC(C)C)NC(c1cccc(COC)c1)C1CC1. The Morgan fingerprint density at radius 3 is 2.70 bits per heavy atom. The zero-order valence-corrected chi connectivity index (χ0v) is 12.8. The minimum Gasteiger partial charge on any atom is -0.380 e. The molecular formula is C17H26N2O. The lowest BCUT2D eigenvalue weighted by atomic mass is 10.0. The fourth-order valence-corrected chi connectivity index (χ4v) is 2.52. The number of hydrogen-bond donors (Lipinski definition) is 2. The third-order valence-corrected chi connectivity index (χ3v) is 3.51. The van der Waals surface area contributed by atoms with Gasteiger partial charge in [0.1, 0.15) is 0 Å². The number of hydrogen-bond acceptors (Lipinski definition) is 3. The van der Waals surface area contributed by atoms with E-state index in [-0.39, 0.29) is 0 Å². The second kappa shape index (κ2) is 6.80. The Kier molecular flexibility index (Phi) is 5.07. The lowest BCUT2D eigenvalue weighted by molar-refractivity contribution is 0.185. The van der Waals surface area contributed by atoms with E-state index in [1.54, 1.807) is 7.11 Å². The molecule has 2 N–H and O–H groups in total. The summed E-state index contributed by atoms with van der Waals surface area (Å²) in [6, 6.07) is 9.40. The highest BCUT2D eigenvalue weighted by molar-refractivity contribution is 5.28. The van der Waals surface area contributed by atoms with Crippen LogP contribution in [0.15, 0.2) is 36.7 Å². The van der Waals surface area contributed by atoms with E-state index in [1.165, 1.54) is 24.0 Å². The van der Waals surface area contributed by atoms with Crippen molar-refractivity contribution in [2.75, 3.05) is 7.11 Å². The predicted octanol–water partition coefficient (Wildman–Crippen LogP) is 3.34. The topological polar surface area (TPSA) is 33.3 Å². The maximum Gasteiger partial charge on any atom is 0.0919 e. The molecule has 20 heavy (non-hydrogen) atoms. The first-order valence-corrected chi connectivity index (χ1v) is 7.40. The van der Waals surface area contributed by atoms with Gasteiger partial charge in [-0.05, 0) is 43.7 Å². The maximum absolute atomic E-state index is 5.22. The monoisotopic (exact) mass is 274 g/mol. The Hall–Kier alpha value is -1.48. The molecule has 0 amide bonds. The largest absolute Gasteiger partial charge is 0.380 e. The van der Waals surface area contributed by atoms with Crippen molar-refractivity contribution < 1.29 is 4.74 Å². The smallest absolute Gasteiger partial charge is 0.0919 e. The van der Waals surface area contributed by atoms with E-state index in [1.807, 2.05) is 0 Å². The Balaban J connectivity index is 2.08. The molecule has 1 aromatic rings. The molecule has 1 unspecified atom stereocenters. The second-order valence-corrected chi connectivity index (χ2v) is 5.92. The molecule has 1 aliphatic rings. The third kappa shape index (κ3) is 4.27. The number of nitrogens with one attached hydrogen (secondary N) is 2. The van der Waals surface area contributed by atoms with Crippen molar-refractivity contribution in [3.8, 4) is 0 Å². The van der Waals surface area contributed by atoms with Gasteiger partial charge in [0.25, 0.3) is 0 Å². The fraction of sp³-hybridized carbons (Fsp3) is 0.529. The fourth-order valence-electron chi connectivity index (χ4n) is 2.52.